The molecule has 15 rings (SSSR count). The minimum atomic E-state index is 0.343. The normalized spacial score (nSPS) is 22.5. The van der Waals surface area contributed by atoms with Gasteiger partial charge in [0.15, 0.2) is 0 Å². The third kappa shape index (κ3) is 60.2. The highest BCUT2D eigenvalue weighted by Crippen LogP contribution is 2.58. The number of hydrogen-bond donors (Lipinski definition) is 0. The van der Waals surface area contributed by atoms with Crippen LogP contribution >= 0.6 is 0 Å². The van der Waals surface area contributed by atoms with Crippen LogP contribution in [-0.2, 0) is 28.4 Å². The van der Waals surface area contributed by atoms with Crippen LogP contribution in [-0.4, -0.2) is 110 Å². The first-order chi connectivity index (χ1) is 50.0. The number of hydrogen-bond acceptors (Lipinski definition) is 11. The minimum absolute atomic E-state index is 0.343. The summed E-state index contributed by atoms with van der Waals surface area (Å²) in [4.78, 5) is 0. The van der Waals surface area contributed by atoms with E-state index in [9.17, 15) is 0 Å². The molecule has 5 aromatic carbocycles. The molecule has 11 unspecified atom stereocenters. The van der Waals surface area contributed by atoms with Crippen molar-refractivity contribution in [3.05, 3.63) is 152 Å². The van der Waals surface area contributed by atoms with Crippen molar-refractivity contribution < 1.29 is 52.1 Å². The van der Waals surface area contributed by atoms with E-state index in [4.69, 9.17) is 52.1 Å². The molecule has 5 saturated carbocycles. The van der Waals surface area contributed by atoms with Crippen molar-refractivity contribution in [3.8, 4) is 28.7 Å². The van der Waals surface area contributed by atoms with Crippen LogP contribution in [0.1, 0.15) is 249 Å². The number of para-hydroxylation sites is 5. The number of fused-ring (bicyclic) bond motifs is 5. The summed E-state index contributed by atoms with van der Waals surface area (Å²) in [5.74, 6) is 12.1. The lowest BCUT2D eigenvalue weighted by Gasteiger charge is -2.26. The maximum atomic E-state index is 5.40. The molecule has 588 valence electrons. The van der Waals surface area contributed by atoms with Gasteiger partial charge in [0.1, 0.15) is 92.3 Å². The van der Waals surface area contributed by atoms with E-state index < -0.39 is 0 Å². The molecule has 10 aliphatic rings. The van der Waals surface area contributed by atoms with Gasteiger partial charge in [0, 0.05) is 7.11 Å². The van der Waals surface area contributed by atoms with Crippen LogP contribution in [0.5, 0.6) is 28.7 Å². The Balaban J connectivity index is -0.00000106. The van der Waals surface area contributed by atoms with E-state index in [-0.39, 0.29) is 0 Å². The van der Waals surface area contributed by atoms with Crippen molar-refractivity contribution >= 4 is 0 Å². The molecule has 2 bridgehead atoms. The zero-order valence-electron chi connectivity index (χ0n) is 69.9. The zero-order valence-corrected chi connectivity index (χ0v) is 69.9. The Morgan fingerprint density at radius 1 is 0.324 bits per heavy atom. The van der Waals surface area contributed by atoms with Crippen molar-refractivity contribution in [1.29, 1.82) is 0 Å². The van der Waals surface area contributed by atoms with Gasteiger partial charge in [-0.25, -0.2) is 0 Å². The highest BCUT2D eigenvalue weighted by Gasteiger charge is 2.49. The Labute approximate surface area is 629 Å². The molecule has 0 spiro atoms. The molecule has 0 amide bonds. The molecule has 10 fully saturated rings. The van der Waals surface area contributed by atoms with Crippen molar-refractivity contribution in [3.63, 3.8) is 0 Å². The van der Waals surface area contributed by atoms with Crippen LogP contribution in [0.15, 0.2) is 152 Å². The highest BCUT2D eigenvalue weighted by molar-refractivity contribution is 5.24. The second-order valence-electron chi connectivity index (χ2n) is 25.4. The maximum Gasteiger partial charge on any atom is 0.119 e. The van der Waals surface area contributed by atoms with Crippen molar-refractivity contribution in [1.82, 2.24) is 0 Å². The second-order valence-corrected chi connectivity index (χ2v) is 25.4. The SMILES string of the molecule is C1CC2C3CCC(C3)C2C1.CC.CC.CC.CC.CC.CC.CC.CC(C)C.CC1CC1.CCC.CCC.COC1CCCCC1C.c1ccc(OCC2CO2)cc1.c1ccc(OCC2CO2)cc1.c1ccc(OCC2CO2)cc1.c1ccc(OCC2CO2)cc1.c1ccc(OCC2CO2)cc1. The van der Waals surface area contributed by atoms with E-state index in [1.54, 1.807) is 38.5 Å². The Morgan fingerprint density at radius 2 is 0.529 bits per heavy atom. The summed E-state index contributed by atoms with van der Waals surface area (Å²) >= 11 is 0. The van der Waals surface area contributed by atoms with Crippen LogP contribution in [0.25, 0.3) is 0 Å². The van der Waals surface area contributed by atoms with Gasteiger partial charge in [0.2, 0.25) is 0 Å². The van der Waals surface area contributed by atoms with Crippen molar-refractivity contribution in [2.75, 3.05) is 73.2 Å². The van der Waals surface area contributed by atoms with Crippen molar-refractivity contribution in [2.24, 2.45) is 41.4 Å². The van der Waals surface area contributed by atoms with Gasteiger partial charge in [-0.05, 0) is 147 Å². The first kappa shape index (κ1) is 101. The topological polar surface area (TPSA) is 118 Å². The standard InChI is InChI=1S/C10H16.5C9H10O2.C8H16O.C4H8.C4H10.2C3H8.7C2H6/c1-2-9-7-4-5-8(6-7)10(9)3-1;5*1-2-4-8(5-3-1)10-6-9-7-11-9;1-7-5-3-4-6-8(7)9-2;1-4-2-3-4;1-4(2)3;2*1-3-2;7*1-2/h7-10H,1-6H2;5*1-5,9H,6-7H2;7-8H,3-6H2,1-2H3;4H,2-3H2,1H3;4H,1-3H3;2*3H2,1-2H3;7*1-2H3. The van der Waals surface area contributed by atoms with Gasteiger partial charge < -0.3 is 52.1 Å². The summed E-state index contributed by atoms with van der Waals surface area (Å²) in [5, 5.41) is 0. The van der Waals surface area contributed by atoms with E-state index in [2.05, 4.69) is 62.3 Å². The van der Waals surface area contributed by atoms with Crippen LogP contribution in [0, 0.1) is 41.4 Å². The number of rotatable bonds is 16. The first-order valence-electron chi connectivity index (χ1n) is 41.0. The summed E-state index contributed by atoms with van der Waals surface area (Å²) in [7, 11) is 1.83. The Kier molecular flexibility index (Phi) is 72.1. The van der Waals surface area contributed by atoms with Crippen LogP contribution in [0.2, 0.25) is 0 Å². The minimum Gasteiger partial charge on any atom is -0.491 e. The molecule has 11 nitrogen and oxygen atoms in total. The van der Waals surface area contributed by atoms with Crippen LogP contribution in [0.4, 0.5) is 0 Å². The second kappa shape index (κ2) is 72.8. The van der Waals surface area contributed by atoms with E-state index >= 15 is 0 Å². The molecule has 5 heterocycles. The van der Waals surface area contributed by atoms with Crippen molar-refractivity contribution in [2.45, 2.75) is 286 Å². The monoisotopic (exact) mass is 1430 g/mol. The molecule has 102 heavy (non-hydrogen) atoms. The van der Waals surface area contributed by atoms with E-state index in [1.165, 1.54) is 75.0 Å². The smallest absolute Gasteiger partial charge is 0.119 e. The Bertz CT molecular complexity index is 2040. The molecular formula is C91H158O11. The molecule has 11 atom stereocenters. The molecule has 0 aromatic heterocycles. The van der Waals surface area contributed by atoms with E-state index in [0.717, 1.165) is 79.5 Å². The van der Waals surface area contributed by atoms with Gasteiger partial charge in [-0.1, -0.05) is 295 Å². The molecule has 5 aliphatic carbocycles. The fraction of sp³-hybridized carbons (Fsp3) is 0.670. The lowest BCUT2D eigenvalue weighted by Crippen LogP contribution is -2.23. The van der Waals surface area contributed by atoms with Gasteiger partial charge >= 0.3 is 0 Å². The average Bonchev–Trinajstić information content (AvgIpc) is 1.62. The lowest BCUT2D eigenvalue weighted by atomic mass is 9.82. The van der Waals surface area contributed by atoms with Crippen LogP contribution in [0.3, 0.4) is 0 Å². The fourth-order valence-corrected chi connectivity index (χ4v) is 10.2. The average molecular weight is 1430 g/mol. The number of methoxy groups -OCH3 is 1. The molecule has 5 saturated heterocycles. The summed E-state index contributed by atoms with van der Waals surface area (Å²) < 4.78 is 57.4. The molecule has 5 aliphatic heterocycles. The summed E-state index contributed by atoms with van der Waals surface area (Å²) in [6, 6.07) is 48.9. The van der Waals surface area contributed by atoms with E-state index in [1.807, 2.05) is 256 Å². The maximum absolute atomic E-state index is 5.40. The van der Waals surface area contributed by atoms with Crippen LogP contribution < -0.4 is 23.7 Å². The Morgan fingerprint density at radius 3 is 0.696 bits per heavy atom. The lowest BCUT2D eigenvalue weighted by molar-refractivity contribution is 0.0310. The molecular weight excluding hydrogens is 1270 g/mol. The number of epoxide rings is 5. The van der Waals surface area contributed by atoms with Gasteiger partial charge in [-0.3, -0.25) is 0 Å². The predicted octanol–water partition coefficient (Wildman–Crippen LogP) is 25.5. The predicted molar refractivity (Wildman–Crippen MR) is 439 cm³/mol. The summed E-state index contributed by atoms with van der Waals surface area (Å²) in [6.45, 7) is 55.3. The molecule has 0 radical (unpaired) electrons. The first-order valence-corrected chi connectivity index (χ1v) is 41.0. The third-order valence-corrected chi connectivity index (χ3v) is 15.5. The number of benzene rings is 5. The number of ether oxygens (including phenoxy) is 11. The third-order valence-electron chi connectivity index (χ3n) is 15.5. The Hall–Kier alpha value is -5.14. The van der Waals surface area contributed by atoms with Gasteiger partial charge in [-0.2, -0.15) is 0 Å². The molecule has 5 aromatic rings. The highest BCUT2D eigenvalue weighted by atomic mass is 16.6. The largest absolute Gasteiger partial charge is 0.491 e. The molecule has 0 N–H and O–H groups in total. The van der Waals surface area contributed by atoms with Gasteiger partial charge in [0.05, 0.1) is 39.1 Å². The molecule has 11 heteroatoms. The summed E-state index contributed by atoms with van der Waals surface area (Å²) in [6.07, 6.45) is 22.7. The fourth-order valence-electron chi connectivity index (χ4n) is 10.2. The quantitative estimate of drug-likeness (QED) is 0.0879. The zero-order chi connectivity index (χ0) is 76.8. The van der Waals surface area contributed by atoms with Gasteiger partial charge in [0.25, 0.3) is 0 Å². The van der Waals surface area contributed by atoms with E-state index in [0.29, 0.717) is 69.7 Å². The van der Waals surface area contributed by atoms with Gasteiger partial charge in [-0.15, -0.1) is 0 Å². The summed E-state index contributed by atoms with van der Waals surface area (Å²) in [5.41, 5.74) is 0.